The van der Waals surface area contributed by atoms with Gasteiger partial charge in [-0.3, -0.25) is 4.79 Å². The van der Waals surface area contributed by atoms with E-state index >= 15 is 0 Å². The molecule has 0 bridgehead atoms. The number of ether oxygens (including phenoxy) is 1. The lowest BCUT2D eigenvalue weighted by Gasteiger charge is -2.15. The summed E-state index contributed by atoms with van der Waals surface area (Å²) in [5, 5.41) is 2.91. The maximum atomic E-state index is 11.8. The van der Waals surface area contributed by atoms with E-state index in [1.807, 2.05) is 44.2 Å². The smallest absolute Gasteiger partial charge is 0.222 e. The van der Waals surface area contributed by atoms with Gasteiger partial charge in [-0.2, -0.15) is 0 Å². The Hall–Kier alpha value is -1.26. The van der Waals surface area contributed by atoms with E-state index in [1.165, 1.54) is 0 Å². The average molecular weight is 301 g/mol. The second-order valence-corrected chi connectivity index (χ2v) is 4.94. The fourth-order valence-corrected chi connectivity index (χ4v) is 1.53. The molecule has 3 N–H and O–H groups in total. The summed E-state index contributed by atoms with van der Waals surface area (Å²) in [5.74, 6) is 1.18. The molecule has 0 saturated carbocycles. The van der Waals surface area contributed by atoms with E-state index in [0.717, 1.165) is 5.75 Å². The third-order valence-corrected chi connectivity index (χ3v) is 3.04. The molecule has 20 heavy (non-hydrogen) atoms. The zero-order chi connectivity index (χ0) is 14.1. The summed E-state index contributed by atoms with van der Waals surface area (Å²) < 4.78 is 5.57. The molecule has 2 atom stereocenters. The van der Waals surface area contributed by atoms with Crippen molar-refractivity contribution in [3.63, 3.8) is 0 Å². The summed E-state index contributed by atoms with van der Waals surface area (Å²) in [7, 11) is 0. The van der Waals surface area contributed by atoms with Crippen molar-refractivity contribution in [2.24, 2.45) is 17.6 Å². The SMILES string of the molecule is CC(CN)CNC(=O)C(C)CCOc1ccccc1.Cl. The lowest BCUT2D eigenvalue weighted by atomic mass is 10.1. The monoisotopic (exact) mass is 300 g/mol. The summed E-state index contributed by atoms with van der Waals surface area (Å²) >= 11 is 0. The topological polar surface area (TPSA) is 64.3 Å². The van der Waals surface area contributed by atoms with Crippen LogP contribution in [0.2, 0.25) is 0 Å². The molecule has 0 radical (unpaired) electrons. The molecule has 2 unspecified atom stereocenters. The van der Waals surface area contributed by atoms with E-state index in [-0.39, 0.29) is 24.2 Å². The lowest BCUT2D eigenvalue weighted by molar-refractivity contribution is -0.125. The molecular weight excluding hydrogens is 276 g/mol. The Labute approximate surface area is 127 Å². The fraction of sp³-hybridized carbons (Fsp3) is 0.533. The first kappa shape index (κ1) is 18.7. The van der Waals surface area contributed by atoms with Gasteiger partial charge in [0.1, 0.15) is 5.75 Å². The summed E-state index contributed by atoms with van der Waals surface area (Å²) in [6, 6.07) is 9.63. The lowest BCUT2D eigenvalue weighted by Crippen LogP contribution is -2.35. The summed E-state index contributed by atoms with van der Waals surface area (Å²) in [4.78, 5) is 11.8. The van der Waals surface area contributed by atoms with Gasteiger partial charge in [0, 0.05) is 12.5 Å². The molecular formula is C15H25ClN2O2. The number of nitrogens with one attached hydrogen (secondary N) is 1. The number of amides is 1. The molecule has 1 rings (SSSR count). The van der Waals surface area contributed by atoms with Gasteiger partial charge in [-0.1, -0.05) is 32.0 Å². The number of nitrogens with two attached hydrogens (primary N) is 1. The van der Waals surface area contributed by atoms with Crippen LogP contribution in [-0.2, 0) is 4.79 Å². The molecule has 0 aliphatic carbocycles. The molecule has 0 spiro atoms. The molecule has 0 fully saturated rings. The molecule has 4 nitrogen and oxygen atoms in total. The third kappa shape index (κ3) is 7.36. The molecule has 5 heteroatoms. The molecule has 0 aromatic heterocycles. The molecule has 0 aliphatic heterocycles. The first-order chi connectivity index (χ1) is 9.13. The van der Waals surface area contributed by atoms with Crippen LogP contribution in [0.15, 0.2) is 30.3 Å². The zero-order valence-corrected chi connectivity index (χ0v) is 13.0. The van der Waals surface area contributed by atoms with E-state index in [2.05, 4.69) is 5.32 Å². The number of hydrogen-bond donors (Lipinski definition) is 2. The van der Waals surface area contributed by atoms with Gasteiger partial charge in [0.05, 0.1) is 6.61 Å². The Kier molecular flexibility index (Phi) is 9.86. The first-order valence-electron chi connectivity index (χ1n) is 6.79. The van der Waals surface area contributed by atoms with Crippen LogP contribution < -0.4 is 15.8 Å². The minimum atomic E-state index is -0.0475. The molecule has 1 aromatic rings. The maximum absolute atomic E-state index is 11.8. The van der Waals surface area contributed by atoms with Crippen LogP contribution in [0.1, 0.15) is 20.3 Å². The largest absolute Gasteiger partial charge is 0.494 e. The number of benzene rings is 1. The first-order valence-corrected chi connectivity index (χ1v) is 6.79. The number of halogens is 1. The molecule has 0 heterocycles. The van der Waals surface area contributed by atoms with Crippen LogP contribution in [0.5, 0.6) is 5.75 Å². The standard InChI is InChI=1S/C15H24N2O2.ClH/c1-12(10-16)11-17-15(18)13(2)8-9-19-14-6-4-3-5-7-14;/h3-7,12-13H,8-11,16H2,1-2H3,(H,17,18);1H. The maximum Gasteiger partial charge on any atom is 0.222 e. The minimum Gasteiger partial charge on any atom is -0.494 e. The Morgan fingerprint density at radius 2 is 1.95 bits per heavy atom. The van der Waals surface area contributed by atoms with Crippen LogP contribution in [-0.4, -0.2) is 25.6 Å². The fourth-order valence-electron chi connectivity index (χ4n) is 1.53. The van der Waals surface area contributed by atoms with E-state index in [1.54, 1.807) is 0 Å². The van der Waals surface area contributed by atoms with Crippen molar-refractivity contribution in [1.29, 1.82) is 0 Å². The Morgan fingerprint density at radius 1 is 1.30 bits per heavy atom. The second-order valence-electron chi connectivity index (χ2n) is 4.94. The predicted octanol–water partition coefficient (Wildman–Crippen LogP) is 2.22. The molecule has 1 aromatic carbocycles. The number of carbonyl (C=O) groups is 1. The number of para-hydroxylation sites is 1. The number of carbonyl (C=O) groups excluding carboxylic acids is 1. The van der Waals surface area contributed by atoms with Crippen LogP contribution in [0.3, 0.4) is 0 Å². The van der Waals surface area contributed by atoms with E-state index in [0.29, 0.717) is 32.0 Å². The minimum absolute atomic E-state index is 0. The van der Waals surface area contributed by atoms with E-state index in [9.17, 15) is 4.79 Å². The van der Waals surface area contributed by atoms with Crippen molar-refractivity contribution in [2.45, 2.75) is 20.3 Å². The van der Waals surface area contributed by atoms with Gasteiger partial charge in [0.15, 0.2) is 0 Å². The van der Waals surface area contributed by atoms with Gasteiger partial charge in [-0.15, -0.1) is 12.4 Å². The molecule has 0 aliphatic rings. The van der Waals surface area contributed by atoms with Gasteiger partial charge in [0.2, 0.25) is 5.91 Å². The van der Waals surface area contributed by atoms with Crippen molar-refractivity contribution >= 4 is 18.3 Å². The van der Waals surface area contributed by atoms with Crippen molar-refractivity contribution in [3.8, 4) is 5.75 Å². The number of rotatable bonds is 8. The molecule has 1 amide bonds. The van der Waals surface area contributed by atoms with Crippen LogP contribution >= 0.6 is 12.4 Å². The highest BCUT2D eigenvalue weighted by atomic mass is 35.5. The Balaban J connectivity index is 0.00000361. The van der Waals surface area contributed by atoms with Crippen LogP contribution in [0, 0.1) is 11.8 Å². The summed E-state index contributed by atoms with van der Waals surface area (Å²) in [5.41, 5.74) is 5.51. The van der Waals surface area contributed by atoms with Crippen molar-refractivity contribution in [3.05, 3.63) is 30.3 Å². The third-order valence-electron chi connectivity index (χ3n) is 3.04. The summed E-state index contributed by atoms with van der Waals surface area (Å²) in [6.45, 7) is 5.70. The van der Waals surface area contributed by atoms with Crippen LogP contribution in [0.4, 0.5) is 0 Å². The highest BCUT2D eigenvalue weighted by molar-refractivity contribution is 5.85. The van der Waals surface area contributed by atoms with Gasteiger partial charge in [-0.05, 0) is 31.0 Å². The summed E-state index contributed by atoms with van der Waals surface area (Å²) in [6.07, 6.45) is 0.706. The van der Waals surface area contributed by atoms with Gasteiger partial charge in [-0.25, -0.2) is 0 Å². The average Bonchev–Trinajstić information content (AvgIpc) is 2.45. The van der Waals surface area contributed by atoms with E-state index in [4.69, 9.17) is 10.5 Å². The van der Waals surface area contributed by atoms with Crippen molar-refractivity contribution < 1.29 is 9.53 Å². The highest BCUT2D eigenvalue weighted by Crippen LogP contribution is 2.10. The normalized spacial score (nSPS) is 12.9. The van der Waals surface area contributed by atoms with E-state index < -0.39 is 0 Å². The zero-order valence-electron chi connectivity index (χ0n) is 12.2. The van der Waals surface area contributed by atoms with Crippen LogP contribution in [0.25, 0.3) is 0 Å². The number of hydrogen-bond acceptors (Lipinski definition) is 3. The predicted molar refractivity (Wildman–Crippen MR) is 84.2 cm³/mol. The van der Waals surface area contributed by atoms with Gasteiger partial charge >= 0.3 is 0 Å². The highest BCUT2D eigenvalue weighted by Gasteiger charge is 2.13. The Bertz CT molecular complexity index is 373. The van der Waals surface area contributed by atoms with Gasteiger partial charge in [0.25, 0.3) is 0 Å². The molecule has 0 saturated heterocycles. The quantitative estimate of drug-likeness (QED) is 0.774. The molecule has 114 valence electrons. The van der Waals surface area contributed by atoms with Crippen molar-refractivity contribution in [2.75, 3.05) is 19.7 Å². The Morgan fingerprint density at radius 3 is 2.55 bits per heavy atom. The second kappa shape index (κ2) is 10.5. The van der Waals surface area contributed by atoms with Gasteiger partial charge < -0.3 is 15.8 Å². The van der Waals surface area contributed by atoms with Crippen molar-refractivity contribution in [1.82, 2.24) is 5.32 Å².